The Bertz CT molecular complexity index is 1540. The molecule has 0 saturated heterocycles. The van der Waals surface area contributed by atoms with Gasteiger partial charge in [-0.2, -0.15) is 0 Å². The van der Waals surface area contributed by atoms with Crippen LogP contribution < -0.4 is 10.6 Å². The molecule has 0 rings (SSSR count). The average Bonchev–Trinajstić information content (AvgIpc) is 3.17. The van der Waals surface area contributed by atoms with Crippen molar-refractivity contribution in [1.82, 2.24) is 10.6 Å². The molecule has 0 aliphatic carbocycles. The zero-order chi connectivity index (χ0) is 44.3. The molecule has 6 atom stereocenters. The van der Waals surface area contributed by atoms with Gasteiger partial charge in [0.15, 0.2) is 8.32 Å². The van der Waals surface area contributed by atoms with E-state index in [9.17, 15) is 14.4 Å². The van der Waals surface area contributed by atoms with Gasteiger partial charge in [0.2, 0.25) is 12.3 Å². The molecular formula is C48H76N2O7Si. The van der Waals surface area contributed by atoms with Crippen LogP contribution in [-0.2, 0) is 33.0 Å². The summed E-state index contributed by atoms with van der Waals surface area (Å²) in [4.78, 5) is 37.7. The van der Waals surface area contributed by atoms with Crippen molar-refractivity contribution in [1.29, 1.82) is 0 Å². The third-order valence-electron chi connectivity index (χ3n) is 10.2. The standard InChI is InChI=1S/C48H76N2O7Si/c1-16-18-19-20-22-43(55-13)32-38(5)25-27-40(7)45(57-46(52)30-26-36(3)23-24-37(4)31-42(54-12)21-17-2)29-28-39(6)41(8)33-49-47(53)44(50-35-51)34-56-58(14,15)48(9,10)11/h16-19,23-32,35-36,40,42-45H,1-2,20-22,33-34H2,3-15H3,(H,49,53)(H,50,51)/b19-18-,24-23+,27-25+,29-28+,30-26+,37-31+,38-32+,41-39+/t36-,40+,42+,43+,44+,45+/m1/s1. The van der Waals surface area contributed by atoms with Gasteiger partial charge < -0.3 is 29.3 Å². The fourth-order valence-electron chi connectivity index (χ4n) is 4.98. The lowest BCUT2D eigenvalue weighted by Gasteiger charge is -2.37. The van der Waals surface area contributed by atoms with Crippen LogP contribution in [0.3, 0.4) is 0 Å². The highest BCUT2D eigenvalue weighted by molar-refractivity contribution is 6.74. The lowest BCUT2D eigenvalue weighted by Crippen LogP contribution is -2.51. The van der Waals surface area contributed by atoms with Crippen LogP contribution in [0.4, 0.5) is 0 Å². The van der Waals surface area contributed by atoms with Gasteiger partial charge in [0, 0.05) is 32.8 Å². The maximum Gasteiger partial charge on any atom is 0.331 e. The summed E-state index contributed by atoms with van der Waals surface area (Å²) in [5, 5.41) is 5.50. The third-order valence-corrected chi connectivity index (χ3v) is 14.7. The number of carbonyl (C=O) groups excluding carboxylic acids is 3. The molecule has 0 spiro atoms. The van der Waals surface area contributed by atoms with Gasteiger partial charge in [-0.15, -0.1) is 6.58 Å². The summed E-state index contributed by atoms with van der Waals surface area (Å²) in [5.41, 5.74) is 3.90. The molecule has 0 aromatic carbocycles. The Morgan fingerprint density at radius 3 is 2.02 bits per heavy atom. The normalized spacial score (nSPS) is 17.0. The fourth-order valence-corrected chi connectivity index (χ4v) is 5.99. The van der Waals surface area contributed by atoms with Crippen molar-refractivity contribution >= 4 is 26.6 Å². The first-order chi connectivity index (χ1) is 27.2. The van der Waals surface area contributed by atoms with Gasteiger partial charge in [-0.3, -0.25) is 9.59 Å². The van der Waals surface area contributed by atoms with E-state index in [0.29, 0.717) is 6.41 Å². The van der Waals surface area contributed by atoms with Gasteiger partial charge >= 0.3 is 5.97 Å². The summed E-state index contributed by atoms with van der Waals surface area (Å²) in [5.74, 6) is -0.966. The Hall–Kier alpha value is -4.09. The highest BCUT2D eigenvalue weighted by Crippen LogP contribution is 2.36. The molecule has 0 aliphatic heterocycles. The number of amides is 2. The van der Waals surface area contributed by atoms with E-state index in [-0.39, 0.29) is 48.1 Å². The number of esters is 1. The lowest BCUT2D eigenvalue weighted by atomic mass is 10.00. The van der Waals surface area contributed by atoms with E-state index in [1.165, 1.54) is 6.08 Å². The van der Waals surface area contributed by atoms with Crippen molar-refractivity contribution in [3.05, 3.63) is 121 Å². The summed E-state index contributed by atoms with van der Waals surface area (Å²) in [6.07, 6.45) is 29.2. The first kappa shape index (κ1) is 53.9. The van der Waals surface area contributed by atoms with Crippen LogP contribution >= 0.6 is 0 Å². The van der Waals surface area contributed by atoms with Crippen molar-refractivity contribution in [3.63, 3.8) is 0 Å². The molecule has 0 saturated carbocycles. The van der Waals surface area contributed by atoms with E-state index in [0.717, 1.165) is 41.6 Å². The van der Waals surface area contributed by atoms with Crippen molar-refractivity contribution in [2.45, 2.75) is 124 Å². The van der Waals surface area contributed by atoms with Crippen LogP contribution in [-0.4, -0.2) is 78.3 Å². The monoisotopic (exact) mass is 821 g/mol. The summed E-state index contributed by atoms with van der Waals surface area (Å²) < 4.78 is 23.4. The minimum absolute atomic E-state index is 0.0145. The Kier molecular flexibility index (Phi) is 27.1. The molecule has 0 radical (unpaired) electrons. The zero-order valence-electron chi connectivity index (χ0n) is 37.9. The third kappa shape index (κ3) is 23.3. The minimum atomic E-state index is -2.13. The summed E-state index contributed by atoms with van der Waals surface area (Å²) in [6.45, 7) is 30.3. The number of hydrogen-bond acceptors (Lipinski definition) is 7. The van der Waals surface area contributed by atoms with Crippen molar-refractivity contribution in [3.8, 4) is 0 Å². The first-order valence-electron chi connectivity index (χ1n) is 20.3. The van der Waals surface area contributed by atoms with E-state index >= 15 is 0 Å². The molecule has 0 fully saturated rings. The Morgan fingerprint density at radius 1 is 0.845 bits per heavy atom. The van der Waals surface area contributed by atoms with Gasteiger partial charge in [0.05, 0.1) is 18.8 Å². The molecule has 2 amide bonds. The van der Waals surface area contributed by atoms with Gasteiger partial charge in [-0.1, -0.05) is 136 Å². The van der Waals surface area contributed by atoms with Crippen LogP contribution in [0, 0.1) is 11.8 Å². The SMILES string of the molecule is C=C/C=C\CC[C@@H](/C=C(C)/C=C/[C@H](C)[C@H](/C=C/C(C)=C(\C)CNC(=O)[C@H](CO[Si](C)(C)C(C)(C)C)NC=O)OC(=O)/C=C/[C@H](C)/C=C/C(C)=C/[C@H](CC=C)OC)OC. The molecular weight excluding hydrogens is 745 g/mol. The molecule has 0 aromatic heterocycles. The molecule has 0 heterocycles. The van der Waals surface area contributed by atoms with Crippen molar-refractivity contribution in [2.24, 2.45) is 11.8 Å². The first-order valence-corrected chi connectivity index (χ1v) is 23.2. The van der Waals surface area contributed by atoms with Gasteiger partial charge in [-0.25, -0.2) is 4.79 Å². The second kappa shape index (κ2) is 29.2. The molecule has 2 N–H and O–H groups in total. The number of methoxy groups -OCH3 is 2. The predicted molar refractivity (Wildman–Crippen MR) is 245 cm³/mol. The maximum atomic E-state index is 13.2. The average molecular weight is 821 g/mol. The van der Waals surface area contributed by atoms with Crippen LogP contribution in [0.25, 0.3) is 0 Å². The Morgan fingerprint density at radius 2 is 1.45 bits per heavy atom. The van der Waals surface area contributed by atoms with E-state index in [1.54, 1.807) is 20.3 Å². The summed E-state index contributed by atoms with van der Waals surface area (Å²) in [6, 6.07) is -0.811. The second-order valence-electron chi connectivity index (χ2n) is 16.3. The molecule has 10 heteroatoms. The topological polar surface area (TPSA) is 112 Å². The number of rotatable bonds is 28. The summed E-state index contributed by atoms with van der Waals surface area (Å²) in [7, 11) is 1.25. The van der Waals surface area contributed by atoms with E-state index in [4.69, 9.17) is 18.6 Å². The number of hydrogen-bond donors (Lipinski definition) is 2. The van der Waals surface area contributed by atoms with E-state index < -0.39 is 26.4 Å². The van der Waals surface area contributed by atoms with E-state index in [1.807, 2.05) is 102 Å². The number of carbonyl (C=O) groups is 3. The highest BCUT2D eigenvalue weighted by Gasteiger charge is 2.38. The number of nitrogens with one attached hydrogen (secondary N) is 2. The van der Waals surface area contributed by atoms with Crippen molar-refractivity contribution < 1.29 is 33.0 Å². The lowest BCUT2D eigenvalue weighted by molar-refractivity contribution is -0.142. The summed E-state index contributed by atoms with van der Waals surface area (Å²) >= 11 is 0. The molecule has 9 nitrogen and oxygen atoms in total. The van der Waals surface area contributed by atoms with Crippen LogP contribution in [0.15, 0.2) is 121 Å². The minimum Gasteiger partial charge on any atom is -0.454 e. The number of allylic oxidation sites excluding steroid dienone is 11. The molecule has 0 bridgehead atoms. The zero-order valence-corrected chi connectivity index (χ0v) is 38.9. The van der Waals surface area contributed by atoms with Crippen molar-refractivity contribution in [2.75, 3.05) is 27.4 Å². The highest BCUT2D eigenvalue weighted by atomic mass is 28.4. The van der Waals surface area contributed by atoms with Gasteiger partial charge in [0.25, 0.3) is 0 Å². The van der Waals surface area contributed by atoms with Gasteiger partial charge in [-0.05, 0) is 77.1 Å². The Labute approximate surface area is 353 Å². The van der Waals surface area contributed by atoms with Crippen LogP contribution in [0.2, 0.25) is 18.1 Å². The smallest absolute Gasteiger partial charge is 0.331 e. The van der Waals surface area contributed by atoms with Crippen LogP contribution in [0.1, 0.15) is 81.6 Å². The van der Waals surface area contributed by atoms with Gasteiger partial charge in [0.1, 0.15) is 12.1 Å². The largest absolute Gasteiger partial charge is 0.454 e. The molecule has 0 aromatic rings. The number of ether oxygens (including phenoxy) is 3. The second-order valence-corrected chi connectivity index (χ2v) is 21.1. The Balaban J connectivity index is 6.17. The van der Waals surface area contributed by atoms with E-state index in [2.05, 4.69) is 69.8 Å². The molecule has 58 heavy (non-hydrogen) atoms. The quantitative estimate of drug-likeness (QED) is 0.0202. The van der Waals surface area contributed by atoms with Crippen LogP contribution in [0.5, 0.6) is 0 Å². The fraction of sp³-hybridized carbons (Fsp3) is 0.521. The molecule has 0 unspecified atom stereocenters. The maximum absolute atomic E-state index is 13.2. The molecule has 324 valence electrons. The predicted octanol–water partition coefficient (Wildman–Crippen LogP) is 10.0. The molecule has 0 aliphatic rings.